The first-order valence-corrected chi connectivity index (χ1v) is 8.48. The second kappa shape index (κ2) is 12.6. The van der Waals surface area contributed by atoms with E-state index in [1.807, 2.05) is 0 Å². The Hall–Kier alpha value is -1.72. The molecule has 146 valence electrons. The molecule has 2 N–H and O–H groups in total. The third kappa shape index (κ3) is 14.3. The number of carbonyl (C=O) groups is 3. The summed E-state index contributed by atoms with van der Waals surface area (Å²) in [6.45, 7) is 0.662. The van der Waals surface area contributed by atoms with Crippen LogP contribution >= 0.6 is 7.82 Å². The van der Waals surface area contributed by atoms with E-state index in [0.29, 0.717) is 0 Å². The molecule has 0 saturated heterocycles. The Morgan fingerprint density at radius 3 is 2.32 bits per heavy atom. The van der Waals surface area contributed by atoms with Gasteiger partial charge < -0.3 is 29.2 Å². The van der Waals surface area contributed by atoms with Gasteiger partial charge >= 0.3 is 25.9 Å². The Labute approximate surface area is 144 Å². The Kier molecular flexibility index (Phi) is 11.7. The predicted molar refractivity (Wildman–Crippen MR) is 80.3 cm³/mol. The first-order chi connectivity index (χ1) is 11.7. The lowest BCUT2D eigenvalue weighted by Gasteiger charge is -2.18. The first kappa shape index (κ1) is 23.3. The number of nitrogens with one attached hydrogen (secondary N) is 1. The highest BCUT2D eigenvalue weighted by atomic mass is 31.2. The summed E-state index contributed by atoms with van der Waals surface area (Å²) in [6.07, 6.45) is -1.87. The van der Waals surface area contributed by atoms with E-state index in [1.165, 1.54) is 7.11 Å². The highest BCUT2D eigenvalue weighted by molar-refractivity contribution is 7.47. The molecule has 12 nitrogen and oxygen atoms in total. The van der Waals surface area contributed by atoms with Crippen LogP contribution in [0.5, 0.6) is 0 Å². The normalized spacial score (nSPS) is 14.1. The maximum atomic E-state index is 11.7. The minimum Gasteiger partial charge on any atom is -0.462 e. The number of phosphoric ester groups is 1. The van der Waals surface area contributed by atoms with E-state index in [2.05, 4.69) is 28.6 Å². The van der Waals surface area contributed by atoms with Crippen molar-refractivity contribution >= 4 is 25.9 Å². The molecule has 0 aliphatic rings. The summed E-state index contributed by atoms with van der Waals surface area (Å²) in [7, 11) is -3.13. The largest absolute Gasteiger partial charge is 0.472 e. The molecule has 0 aromatic rings. The van der Waals surface area contributed by atoms with E-state index >= 15 is 0 Å². The molecule has 13 heteroatoms. The van der Waals surface area contributed by atoms with Crippen LogP contribution in [0.1, 0.15) is 13.8 Å². The summed E-state index contributed by atoms with van der Waals surface area (Å²) in [4.78, 5) is 42.2. The number of ether oxygens (including phenoxy) is 4. The molecular formula is C12H22NO11P. The van der Waals surface area contributed by atoms with Gasteiger partial charge in [0.1, 0.15) is 6.61 Å². The third-order valence-corrected chi connectivity index (χ3v) is 3.15. The van der Waals surface area contributed by atoms with Crippen LogP contribution in [0.4, 0.5) is 4.79 Å². The number of phosphoric acid groups is 1. The van der Waals surface area contributed by atoms with Crippen molar-refractivity contribution in [3.63, 3.8) is 0 Å². The molecule has 0 aromatic heterocycles. The zero-order valence-electron chi connectivity index (χ0n) is 14.1. The molecule has 0 aliphatic heterocycles. The fourth-order valence-corrected chi connectivity index (χ4v) is 2.00. The molecule has 1 amide bonds. The van der Waals surface area contributed by atoms with Gasteiger partial charge in [-0.1, -0.05) is 0 Å². The minimum atomic E-state index is -4.47. The van der Waals surface area contributed by atoms with Gasteiger partial charge in [0.2, 0.25) is 0 Å². The zero-order valence-corrected chi connectivity index (χ0v) is 15.0. The minimum absolute atomic E-state index is 0.128. The van der Waals surface area contributed by atoms with Crippen LogP contribution in [0.2, 0.25) is 0 Å². The molecule has 0 radical (unpaired) electrons. The highest BCUT2D eigenvalue weighted by Gasteiger charge is 2.25. The SMILES string of the molecule is COCOC(=O)NCCOP(=O)(O)OCC(COC(C)=O)OC(C)=O. The van der Waals surface area contributed by atoms with Gasteiger partial charge in [0.05, 0.1) is 13.2 Å². The predicted octanol–water partition coefficient (Wildman–Crippen LogP) is -0.0551. The van der Waals surface area contributed by atoms with Crippen LogP contribution in [-0.2, 0) is 42.1 Å². The van der Waals surface area contributed by atoms with Crippen molar-refractivity contribution in [3.8, 4) is 0 Å². The molecule has 0 aliphatic carbocycles. The average Bonchev–Trinajstić information content (AvgIpc) is 2.51. The van der Waals surface area contributed by atoms with Gasteiger partial charge in [-0.2, -0.15) is 0 Å². The van der Waals surface area contributed by atoms with Gasteiger partial charge in [-0.3, -0.25) is 18.6 Å². The second-order valence-electron chi connectivity index (χ2n) is 4.40. The van der Waals surface area contributed by atoms with Crippen molar-refractivity contribution in [2.24, 2.45) is 0 Å². The summed E-state index contributed by atoms with van der Waals surface area (Å²) >= 11 is 0. The first-order valence-electron chi connectivity index (χ1n) is 6.98. The summed E-state index contributed by atoms with van der Waals surface area (Å²) in [6, 6.07) is 0. The molecule has 0 rings (SSSR count). The van der Waals surface area contributed by atoms with Crippen molar-refractivity contribution in [1.29, 1.82) is 0 Å². The van der Waals surface area contributed by atoms with E-state index < -0.39 is 38.6 Å². The number of amides is 1. The van der Waals surface area contributed by atoms with Gasteiger partial charge in [-0.15, -0.1) is 0 Å². The van der Waals surface area contributed by atoms with E-state index in [1.54, 1.807) is 0 Å². The third-order valence-electron chi connectivity index (χ3n) is 2.16. The fourth-order valence-electron chi connectivity index (χ4n) is 1.25. The van der Waals surface area contributed by atoms with Crippen LogP contribution < -0.4 is 5.32 Å². The molecule has 25 heavy (non-hydrogen) atoms. The van der Waals surface area contributed by atoms with E-state index in [9.17, 15) is 23.8 Å². The number of esters is 2. The van der Waals surface area contributed by atoms with Gasteiger partial charge in [-0.05, 0) is 0 Å². The van der Waals surface area contributed by atoms with Gasteiger partial charge in [0.25, 0.3) is 0 Å². The molecule has 0 spiro atoms. The number of rotatable bonds is 12. The lowest BCUT2D eigenvalue weighted by molar-refractivity contribution is -0.158. The molecule has 2 atom stereocenters. The molecule has 0 saturated carbocycles. The van der Waals surface area contributed by atoms with Gasteiger partial charge in [0, 0.05) is 27.5 Å². The van der Waals surface area contributed by atoms with Crippen LogP contribution in [-0.4, -0.2) is 69.3 Å². The molecular weight excluding hydrogens is 365 g/mol. The number of alkyl carbamates (subject to hydrolysis) is 1. The molecule has 2 unspecified atom stereocenters. The summed E-state index contributed by atoms with van der Waals surface area (Å²) < 4.78 is 39.3. The van der Waals surface area contributed by atoms with Crippen molar-refractivity contribution < 1.29 is 51.8 Å². The summed E-state index contributed by atoms with van der Waals surface area (Å²) in [5, 5.41) is 2.23. The van der Waals surface area contributed by atoms with E-state index in [4.69, 9.17) is 4.74 Å². The summed E-state index contributed by atoms with van der Waals surface area (Å²) in [5.41, 5.74) is 0. The average molecular weight is 387 g/mol. The smallest absolute Gasteiger partial charge is 0.462 e. The zero-order chi connectivity index (χ0) is 19.3. The topological polar surface area (TPSA) is 156 Å². The Morgan fingerprint density at radius 1 is 1.08 bits per heavy atom. The molecule has 0 heterocycles. The van der Waals surface area contributed by atoms with Crippen LogP contribution in [0.25, 0.3) is 0 Å². The second-order valence-corrected chi connectivity index (χ2v) is 5.85. The van der Waals surface area contributed by atoms with Crippen LogP contribution in [0, 0.1) is 0 Å². The number of hydrogen-bond donors (Lipinski definition) is 2. The molecule has 0 bridgehead atoms. The lowest BCUT2D eigenvalue weighted by Crippen LogP contribution is -2.29. The number of carbonyl (C=O) groups excluding carboxylic acids is 3. The Balaban J connectivity index is 4.16. The van der Waals surface area contributed by atoms with Crippen molar-refractivity contribution in [1.82, 2.24) is 5.32 Å². The van der Waals surface area contributed by atoms with Crippen molar-refractivity contribution in [3.05, 3.63) is 0 Å². The standard InChI is InChI=1S/C12H22NO11P/c1-9(14)20-6-11(24-10(2)15)7-23-25(17,18)22-5-4-13-12(16)21-8-19-3/h11H,4-8H2,1-3H3,(H,13,16)(H,17,18). The number of methoxy groups -OCH3 is 1. The van der Waals surface area contributed by atoms with Crippen molar-refractivity contribution in [2.75, 3.05) is 40.3 Å². The number of hydrogen-bond acceptors (Lipinski definition) is 10. The van der Waals surface area contributed by atoms with E-state index in [0.717, 1.165) is 13.8 Å². The maximum Gasteiger partial charge on any atom is 0.472 e. The highest BCUT2D eigenvalue weighted by Crippen LogP contribution is 2.43. The maximum absolute atomic E-state index is 11.7. The Morgan fingerprint density at radius 2 is 1.76 bits per heavy atom. The molecule has 0 aromatic carbocycles. The fraction of sp³-hybridized carbons (Fsp3) is 0.750. The van der Waals surface area contributed by atoms with Crippen LogP contribution in [0.3, 0.4) is 0 Å². The Bertz CT molecular complexity index is 484. The van der Waals surface area contributed by atoms with Gasteiger partial charge in [-0.25, -0.2) is 9.36 Å². The van der Waals surface area contributed by atoms with E-state index in [-0.39, 0.29) is 26.6 Å². The van der Waals surface area contributed by atoms with Crippen molar-refractivity contribution in [2.45, 2.75) is 20.0 Å². The van der Waals surface area contributed by atoms with Gasteiger partial charge in [0.15, 0.2) is 12.9 Å². The van der Waals surface area contributed by atoms with Crippen LogP contribution in [0.15, 0.2) is 0 Å². The lowest BCUT2D eigenvalue weighted by atomic mass is 10.4. The molecule has 0 fully saturated rings. The quantitative estimate of drug-likeness (QED) is 0.152. The summed E-state index contributed by atoms with van der Waals surface area (Å²) in [5.74, 6) is -1.31. The monoisotopic (exact) mass is 387 g/mol.